The zero-order valence-corrected chi connectivity index (χ0v) is 18.2. The molecule has 0 bridgehead atoms. The largest absolute Gasteiger partial charge is 0.342 e. The number of likely N-dealkylation sites (tertiary alicyclic amines) is 1. The summed E-state index contributed by atoms with van der Waals surface area (Å²) in [5, 5.41) is 9.16. The molecule has 1 aromatic carbocycles. The lowest BCUT2D eigenvalue weighted by molar-refractivity contribution is -0.114. The number of nitriles is 1. The van der Waals surface area contributed by atoms with E-state index in [1.54, 1.807) is 19.2 Å². The Morgan fingerprint density at radius 3 is 2.42 bits per heavy atom. The Hall–Kier alpha value is -3.50. The minimum atomic E-state index is 0.174. The summed E-state index contributed by atoms with van der Waals surface area (Å²) in [6.07, 6.45) is 4.30. The topological polar surface area (TPSA) is 98.6 Å². The Kier molecular flexibility index (Phi) is 7.16. The minimum Gasteiger partial charge on any atom is -0.342 e. The standard InChI is InChI=1S/C24H28N6O/c1-17-4-7-21(15-27-17)18(2)23(20-8-5-19(14-25)6-9-20)28-24(29(3)16-31)30-12-10-22(26)11-13-30/h4-9,15-16,22H,10-13,26H2,1-3H3/b23-18+,28-24+. The number of nitrogens with two attached hydrogens (primary N) is 1. The molecule has 1 aromatic heterocycles. The maximum absolute atomic E-state index is 11.7. The van der Waals surface area contributed by atoms with Crippen molar-refractivity contribution in [3.05, 3.63) is 65.0 Å². The Labute approximate surface area is 183 Å². The molecule has 1 saturated heterocycles. The summed E-state index contributed by atoms with van der Waals surface area (Å²) in [5.41, 5.74) is 11.1. The van der Waals surface area contributed by atoms with Crippen LogP contribution in [0.3, 0.4) is 0 Å². The van der Waals surface area contributed by atoms with Crippen molar-refractivity contribution in [2.75, 3.05) is 20.1 Å². The normalized spacial score (nSPS) is 15.8. The Morgan fingerprint density at radius 2 is 1.87 bits per heavy atom. The monoisotopic (exact) mass is 416 g/mol. The van der Waals surface area contributed by atoms with Gasteiger partial charge >= 0.3 is 0 Å². The number of allylic oxidation sites excluding steroid dienone is 1. The quantitative estimate of drug-likeness (QED) is 0.469. The van der Waals surface area contributed by atoms with Gasteiger partial charge in [0, 0.05) is 43.6 Å². The lowest BCUT2D eigenvalue weighted by atomic mass is 10.0. The first-order valence-corrected chi connectivity index (χ1v) is 10.3. The molecule has 1 amide bonds. The van der Waals surface area contributed by atoms with Crippen molar-refractivity contribution >= 4 is 23.6 Å². The number of piperidine rings is 1. The number of benzene rings is 1. The van der Waals surface area contributed by atoms with Gasteiger partial charge < -0.3 is 10.6 Å². The number of aromatic nitrogens is 1. The number of rotatable bonds is 4. The van der Waals surface area contributed by atoms with E-state index in [0.717, 1.165) is 60.4 Å². The van der Waals surface area contributed by atoms with Crippen LogP contribution in [0.1, 0.15) is 42.1 Å². The number of amides is 1. The molecule has 2 aromatic rings. The fourth-order valence-electron chi connectivity index (χ4n) is 3.51. The second-order valence-electron chi connectivity index (χ2n) is 7.80. The number of carbonyl (C=O) groups excluding carboxylic acids is 1. The Morgan fingerprint density at radius 1 is 1.23 bits per heavy atom. The highest BCUT2D eigenvalue weighted by molar-refractivity contribution is 5.98. The van der Waals surface area contributed by atoms with Gasteiger partial charge in [-0.1, -0.05) is 18.2 Å². The highest BCUT2D eigenvalue weighted by atomic mass is 16.1. The van der Waals surface area contributed by atoms with E-state index in [4.69, 9.17) is 16.0 Å². The van der Waals surface area contributed by atoms with E-state index in [0.29, 0.717) is 11.5 Å². The number of pyridine rings is 1. The number of hydrogen-bond acceptors (Lipinski definition) is 5. The average Bonchev–Trinajstić information content (AvgIpc) is 2.80. The van der Waals surface area contributed by atoms with Crippen LogP contribution in [0.4, 0.5) is 0 Å². The summed E-state index contributed by atoms with van der Waals surface area (Å²) in [4.78, 5) is 24.7. The lowest BCUT2D eigenvalue weighted by Gasteiger charge is -2.34. The molecule has 3 rings (SSSR count). The number of nitrogens with zero attached hydrogens (tertiary/aromatic N) is 5. The van der Waals surface area contributed by atoms with E-state index < -0.39 is 0 Å². The van der Waals surface area contributed by atoms with Crippen LogP contribution >= 0.6 is 0 Å². The van der Waals surface area contributed by atoms with E-state index in [1.165, 1.54) is 4.90 Å². The van der Waals surface area contributed by atoms with Gasteiger partial charge in [-0.05, 0) is 56.0 Å². The predicted molar refractivity (Wildman–Crippen MR) is 123 cm³/mol. The number of carbonyl (C=O) groups is 1. The minimum absolute atomic E-state index is 0.174. The molecule has 2 N–H and O–H groups in total. The molecule has 1 aliphatic heterocycles. The third-order valence-corrected chi connectivity index (χ3v) is 5.49. The molecule has 0 spiro atoms. The molecule has 160 valence electrons. The third-order valence-electron chi connectivity index (χ3n) is 5.49. The molecule has 0 radical (unpaired) electrons. The highest BCUT2D eigenvalue weighted by Gasteiger charge is 2.23. The van der Waals surface area contributed by atoms with Crippen LogP contribution in [-0.4, -0.2) is 53.3 Å². The molecule has 7 heteroatoms. The summed E-state index contributed by atoms with van der Waals surface area (Å²) < 4.78 is 0. The number of aryl methyl sites for hydroxylation is 1. The van der Waals surface area contributed by atoms with Gasteiger partial charge in [-0.3, -0.25) is 14.7 Å². The van der Waals surface area contributed by atoms with E-state index in [9.17, 15) is 4.79 Å². The van der Waals surface area contributed by atoms with Crippen molar-refractivity contribution in [3.8, 4) is 6.07 Å². The van der Waals surface area contributed by atoms with Crippen LogP contribution in [-0.2, 0) is 4.79 Å². The molecule has 1 fully saturated rings. The van der Waals surface area contributed by atoms with Crippen molar-refractivity contribution in [1.29, 1.82) is 5.26 Å². The van der Waals surface area contributed by atoms with Crippen molar-refractivity contribution in [1.82, 2.24) is 14.8 Å². The predicted octanol–water partition coefficient (Wildman–Crippen LogP) is 3.02. The molecule has 2 heterocycles. The Balaban J connectivity index is 2.15. The van der Waals surface area contributed by atoms with Crippen molar-refractivity contribution < 1.29 is 4.79 Å². The first kappa shape index (κ1) is 22.2. The van der Waals surface area contributed by atoms with Gasteiger partial charge in [0.1, 0.15) is 0 Å². The second-order valence-corrected chi connectivity index (χ2v) is 7.80. The van der Waals surface area contributed by atoms with Crippen molar-refractivity contribution in [2.24, 2.45) is 10.7 Å². The third kappa shape index (κ3) is 5.36. The maximum Gasteiger partial charge on any atom is 0.216 e. The van der Waals surface area contributed by atoms with E-state index >= 15 is 0 Å². The first-order valence-electron chi connectivity index (χ1n) is 10.3. The van der Waals surface area contributed by atoms with Gasteiger partial charge in [0.2, 0.25) is 12.4 Å². The summed E-state index contributed by atoms with van der Waals surface area (Å²) in [6, 6.07) is 13.6. The van der Waals surface area contributed by atoms with Crippen molar-refractivity contribution in [2.45, 2.75) is 32.7 Å². The first-order chi connectivity index (χ1) is 14.9. The molecule has 31 heavy (non-hydrogen) atoms. The highest BCUT2D eigenvalue weighted by Crippen LogP contribution is 2.28. The van der Waals surface area contributed by atoms with Gasteiger partial charge in [-0.2, -0.15) is 5.26 Å². The fourth-order valence-corrected chi connectivity index (χ4v) is 3.51. The molecular formula is C24H28N6O. The van der Waals surface area contributed by atoms with E-state index in [1.807, 2.05) is 44.3 Å². The average molecular weight is 417 g/mol. The zero-order chi connectivity index (χ0) is 22.4. The second kappa shape index (κ2) is 10.0. The summed E-state index contributed by atoms with van der Waals surface area (Å²) >= 11 is 0. The summed E-state index contributed by atoms with van der Waals surface area (Å²) in [5.74, 6) is 0.584. The Bertz CT molecular complexity index is 1010. The fraction of sp³-hybridized carbons (Fsp3) is 0.333. The SMILES string of the molecule is C/C(=C(\N=C(/N(C)C=O)N1CCC(N)CC1)c1ccc(C#N)cc1)c1ccc(C)nc1. The lowest BCUT2D eigenvalue weighted by Crippen LogP contribution is -2.48. The van der Waals surface area contributed by atoms with Crippen molar-refractivity contribution in [3.63, 3.8) is 0 Å². The molecule has 0 atom stereocenters. The van der Waals surface area contributed by atoms with Gasteiger partial charge in [0.15, 0.2) is 0 Å². The number of guanidine groups is 1. The molecule has 0 saturated carbocycles. The van der Waals surface area contributed by atoms with Gasteiger partial charge in [0.05, 0.1) is 17.3 Å². The van der Waals surface area contributed by atoms with Crippen LogP contribution in [0.5, 0.6) is 0 Å². The zero-order valence-electron chi connectivity index (χ0n) is 18.2. The molecule has 1 aliphatic rings. The van der Waals surface area contributed by atoms with E-state index in [2.05, 4.69) is 16.0 Å². The molecular weight excluding hydrogens is 388 g/mol. The van der Waals surface area contributed by atoms with Gasteiger partial charge in [-0.25, -0.2) is 4.99 Å². The van der Waals surface area contributed by atoms with Crippen LogP contribution in [0.2, 0.25) is 0 Å². The van der Waals surface area contributed by atoms with Gasteiger partial charge in [0.25, 0.3) is 0 Å². The molecule has 0 unspecified atom stereocenters. The molecule has 0 aliphatic carbocycles. The maximum atomic E-state index is 11.7. The van der Waals surface area contributed by atoms with Gasteiger partial charge in [-0.15, -0.1) is 0 Å². The van der Waals surface area contributed by atoms with Crippen LogP contribution < -0.4 is 5.73 Å². The molecule has 7 nitrogen and oxygen atoms in total. The summed E-state index contributed by atoms with van der Waals surface area (Å²) in [6.45, 7) is 5.42. The van der Waals surface area contributed by atoms with Crippen LogP contribution in [0.15, 0.2) is 47.6 Å². The van der Waals surface area contributed by atoms with Crippen LogP contribution in [0.25, 0.3) is 11.3 Å². The smallest absolute Gasteiger partial charge is 0.216 e. The van der Waals surface area contributed by atoms with E-state index in [-0.39, 0.29) is 6.04 Å². The number of aliphatic imine (C=N–C) groups is 1. The van der Waals surface area contributed by atoms with Crippen LogP contribution in [0, 0.1) is 18.3 Å². The summed E-state index contributed by atoms with van der Waals surface area (Å²) in [7, 11) is 1.71. The number of hydrogen-bond donors (Lipinski definition) is 1.